The third-order valence-electron chi connectivity index (χ3n) is 2.78. The van der Waals surface area contributed by atoms with Gasteiger partial charge in [0.25, 0.3) is 0 Å². The number of nitrogens with one attached hydrogen (secondary N) is 1. The summed E-state index contributed by atoms with van der Waals surface area (Å²) < 4.78 is 11.0. The lowest BCUT2D eigenvalue weighted by Gasteiger charge is -2.10. The lowest BCUT2D eigenvalue weighted by molar-refractivity contribution is -0.362. The summed E-state index contributed by atoms with van der Waals surface area (Å²) in [4.78, 5) is 13.7. The molecule has 2 rings (SSSR count). The number of aromatic amines is 1. The van der Waals surface area contributed by atoms with Crippen LogP contribution >= 0.6 is 0 Å². The second-order valence-electron chi connectivity index (χ2n) is 4.79. The normalized spacial score (nSPS) is 10.8. The molecule has 1 heterocycles. The van der Waals surface area contributed by atoms with Crippen LogP contribution in [0.4, 0.5) is 0 Å². The first-order valence-corrected chi connectivity index (χ1v) is 6.39. The number of fused-ring (bicyclic) bond motifs is 1. The van der Waals surface area contributed by atoms with E-state index in [2.05, 4.69) is 4.98 Å². The van der Waals surface area contributed by atoms with E-state index in [4.69, 9.17) is 9.47 Å². The molecule has 1 aromatic heterocycles. The fourth-order valence-corrected chi connectivity index (χ4v) is 2.05. The van der Waals surface area contributed by atoms with Gasteiger partial charge in [-0.15, -0.1) is 0 Å². The lowest BCUT2D eigenvalue weighted by Crippen LogP contribution is -2.28. The summed E-state index contributed by atoms with van der Waals surface area (Å²) in [6.45, 7) is 3.91. The van der Waals surface area contributed by atoms with Crippen LogP contribution in [0, 0.1) is 0 Å². The van der Waals surface area contributed by atoms with Gasteiger partial charge in [0.2, 0.25) is 5.52 Å². The molecule has 106 valence electrons. The van der Waals surface area contributed by atoms with E-state index in [-0.39, 0.29) is 12.5 Å². The fraction of sp³-hybridized carbons (Fsp3) is 0.333. The van der Waals surface area contributed by atoms with Gasteiger partial charge in [-0.3, -0.25) is 0 Å². The molecule has 2 aromatic rings. The van der Waals surface area contributed by atoms with Gasteiger partial charge in [-0.1, -0.05) is 0 Å². The van der Waals surface area contributed by atoms with Gasteiger partial charge in [-0.25, -0.2) is 4.98 Å². The first kappa shape index (κ1) is 14.1. The standard InChI is InChI=1S/C15H17NO4/c1-9(2)20-11-4-5-13-12(8-11)14(19-3)6-10(16-13)7-15(17)18/h4-6,8-9H,7H2,1-3H3,(H,17,18). The first-order valence-electron chi connectivity index (χ1n) is 6.39. The molecule has 5 heteroatoms. The quantitative estimate of drug-likeness (QED) is 0.807. The summed E-state index contributed by atoms with van der Waals surface area (Å²) in [7, 11) is 1.55. The van der Waals surface area contributed by atoms with Crippen LogP contribution in [0.3, 0.4) is 0 Å². The maximum absolute atomic E-state index is 10.7. The molecule has 5 nitrogen and oxygen atoms in total. The lowest BCUT2D eigenvalue weighted by atomic mass is 10.1. The predicted molar refractivity (Wildman–Crippen MR) is 71.5 cm³/mol. The summed E-state index contributed by atoms with van der Waals surface area (Å²) in [5, 5.41) is 11.5. The van der Waals surface area contributed by atoms with E-state index in [0.29, 0.717) is 11.4 Å². The molecule has 0 aliphatic rings. The van der Waals surface area contributed by atoms with Crippen molar-refractivity contribution in [1.82, 2.24) is 0 Å². The molecule has 0 aliphatic carbocycles. The largest absolute Gasteiger partial charge is 0.550 e. The minimum Gasteiger partial charge on any atom is -0.550 e. The first-order chi connectivity index (χ1) is 9.49. The highest BCUT2D eigenvalue weighted by Crippen LogP contribution is 2.27. The van der Waals surface area contributed by atoms with Crippen molar-refractivity contribution in [2.75, 3.05) is 7.11 Å². The van der Waals surface area contributed by atoms with Crippen molar-refractivity contribution < 1.29 is 24.4 Å². The minimum absolute atomic E-state index is 0.0831. The maximum Gasteiger partial charge on any atom is 0.215 e. The monoisotopic (exact) mass is 275 g/mol. The van der Waals surface area contributed by atoms with E-state index in [1.807, 2.05) is 32.0 Å². The van der Waals surface area contributed by atoms with Crippen molar-refractivity contribution >= 4 is 16.9 Å². The van der Waals surface area contributed by atoms with Crippen LogP contribution in [-0.2, 0) is 11.2 Å². The Bertz CT molecular complexity index is 637. The number of carbonyl (C=O) groups excluding carboxylic acids is 1. The SMILES string of the molecule is COc1cc(CC(=O)[O-])[nH+]c2ccc(OC(C)C)cc12. The summed E-state index contributed by atoms with van der Waals surface area (Å²) in [6, 6.07) is 7.21. The fourth-order valence-electron chi connectivity index (χ4n) is 2.05. The number of benzene rings is 1. The molecule has 0 bridgehead atoms. The van der Waals surface area contributed by atoms with Crippen LogP contribution in [0.5, 0.6) is 11.5 Å². The van der Waals surface area contributed by atoms with Crippen molar-refractivity contribution in [3.63, 3.8) is 0 Å². The number of H-pyrrole nitrogens is 1. The Kier molecular flexibility index (Phi) is 4.08. The van der Waals surface area contributed by atoms with Gasteiger partial charge in [0, 0.05) is 12.1 Å². The maximum atomic E-state index is 10.7. The Hall–Kier alpha value is -2.30. The molecule has 0 spiro atoms. The summed E-state index contributed by atoms with van der Waals surface area (Å²) >= 11 is 0. The molecule has 0 fully saturated rings. The molecule has 0 saturated heterocycles. The number of methoxy groups -OCH3 is 1. The van der Waals surface area contributed by atoms with E-state index < -0.39 is 5.97 Å². The van der Waals surface area contributed by atoms with Gasteiger partial charge in [0.1, 0.15) is 11.5 Å². The van der Waals surface area contributed by atoms with E-state index in [1.165, 1.54) is 0 Å². The van der Waals surface area contributed by atoms with Crippen LogP contribution in [0.25, 0.3) is 10.9 Å². The average Bonchev–Trinajstić information content (AvgIpc) is 2.36. The van der Waals surface area contributed by atoms with Gasteiger partial charge < -0.3 is 19.4 Å². The molecule has 0 saturated carbocycles. The second-order valence-corrected chi connectivity index (χ2v) is 4.79. The number of hydrogen-bond acceptors (Lipinski definition) is 4. The third-order valence-corrected chi connectivity index (χ3v) is 2.78. The summed E-state index contributed by atoms with van der Waals surface area (Å²) in [5.74, 6) is 0.207. The van der Waals surface area contributed by atoms with E-state index in [1.54, 1.807) is 13.2 Å². The van der Waals surface area contributed by atoms with Gasteiger partial charge >= 0.3 is 0 Å². The Morgan fingerprint density at radius 2 is 2.10 bits per heavy atom. The van der Waals surface area contributed by atoms with Crippen LogP contribution < -0.4 is 19.6 Å². The van der Waals surface area contributed by atoms with Crippen molar-refractivity contribution in [1.29, 1.82) is 0 Å². The molecule has 1 aromatic carbocycles. The van der Waals surface area contributed by atoms with Gasteiger partial charge in [0.15, 0.2) is 5.69 Å². The number of ether oxygens (including phenoxy) is 2. The number of carboxylic acid groups (broad SMARTS) is 1. The van der Waals surface area contributed by atoms with Crippen LogP contribution in [0.1, 0.15) is 19.5 Å². The number of aliphatic carboxylic acids is 1. The van der Waals surface area contributed by atoms with E-state index in [0.717, 1.165) is 16.7 Å². The predicted octanol–water partition coefficient (Wildman–Crippen LogP) is 0.742. The van der Waals surface area contributed by atoms with Crippen LogP contribution in [0.2, 0.25) is 0 Å². The molecular formula is C15H17NO4. The molecule has 20 heavy (non-hydrogen) atoms. The number of carbonyl (C=O) groups is 1. The number of rotatable bonds is 5. The van der Waals surface area contributed by atoms with Crippen LogP contribution in [-0.4, -0.2) is 19.2 Å². The van der Waals surface area contributed by atoms with Gasteiger partial charge in [-0.05, 0) is 26.0 Å². The number of hydrogen-bond donors (Lipinski definition) is 0. The van der Waals surface area contributed by atoms with Gasteiger partial charge in [-0.2, -0.15) is 0 Å². The smallest absolute Gasteiger partial charge is 0.215 e. The average molecular weight is 275 g/mol. The zero-order valence-corrected chi connectivity index (χ0v) is 11.7. The zero-order valence-electron chi connectivity index (χ0n) is 11.7. The molecular weight excluding hydrogens is 258 g/mol. The Labute approximate surface area is 117 Å². The number of pyridine rings is 1. The topological polar surface area (TPSA) is 72.7 Å². The molecule has 0 amide bonds. The van der Waals surface area contributed by atoms with Crippen molar-refractivity contribution in [2.45, 2.75) is 26.4 Å². The Morgan fingerprint density at radius 1 is 1.35 bits per heavy atom. The molecule has 1 N–H and O–H groups in total. The van der Waals surface area contributed by atoms with Crippen LogP contribution in [0.15, 0.2) is 24.3 Å². The Balaban J connectivity index is 2.49. The third kappa shape index (κ3) is 3.17. The minimum atomic E-state index is -1.14. The molecule has 0 atom stereocenters. The highest BCUT2D eigenvalue weighted by molar-refractivity contribution is 5.84. The van der Waals surface area contributed by atoms with Crippen molar-refractivity contribution in [3.05, 3.63) is 30.0 Å². The van der Waals surface area contributed by atoms with Crippen molar-refractivity contribution in [3.8, 4) is 11.5 Å². The summed E-state index contributed by atoms with van der Waals surface area (Å²) in [6.07, 6.45) is -0.101. The van der Waals surface area contributed by atoms with Gasteiger partial charge in [0.05, 0.1) is 31.0 Å². The number of carboxylic acids is 1. The van der Waals surface area contributed by atoms with E-state index >= 15 is 0 Å². The summed E-state index contributed by atoms with van der Waals surface area (Å²) in [5.41, 5.74) is 1.32. The highest BCUT2D eigenvalue weighted by atomic mass is 16.5. The van der Waals surface area contributed by atoms with Crippen molar-refractivity contribution in [2.24, 2.45) is 0 Å². The second kappa shape index (κ2) is 5.77. The molecule has 0 radical (unpaired) electrons. The number of aromatic nitrogens is 1. The zero-order chi connectivity index (χ0) is 14.7. The Morgan fingerprint density at radius 3 is 2.70 bits per heavy atom. The van der Waals surface area contributed by atoms with E-state index in [9.17, 15) is 9.90 Å². The molecule has 0 unspecified atom stereocenters. The highest BCUT2D eigenvalue weighted by Gasteiger charge is 2.14. The molecule has 0 aliphatic heterocycles.